The third-order valence-corrected chi connectivity index (χ3v) is 6.04. The number of anilines is 1. The molecule has 3 rings (SSSR count). The Hall–Kier alpha value is -1.44. The van der Waals surface area contributed by atoms with E-state index in [4.69, 9.17) is 0 Å². The maximum atomic E-state index is 12.6. The summed E-state index contributed by atoms with van der Waals surface area (Å²) in [4.78, 5) is 6.19. The first kappa shape index (κ1) is 14.5. The lowest BCUT2D eigenvalue weighted by Gasteiger charge is -2.20. The molecular weight excluding hydrogens is 306 g/mol. The lowest BCUT2D eigenvalue weighted by molar-refractivity contribution is 0.419. The number of benzene rings is 1. The van der Waals surface area contributed by atoms with E-state index in [2.05, 4.69) is 9.88 Å². The van der Waals surface area contributed by atoms with E-state index in [1.807, 2.05) is 31.3 Å². The lowest BCUT2D eigenvalue weighted by Crippen LogP contribution is -2.35. The van der Waals surface area contributed by atoms with Crippen molar-refractivity contribution in [2.45, 2.75) is 12.3 Å². The Morgan fingerprint density at radius 3 is 2.86 bits per heavy atom. The smallest absolute Gasteiger partial charge is 0.220 e. The molecule has 2 heterocycles. The number of para-hydroxylation sites is 1. The van der Waals surface area contributed by atoms with Gasteiger partial charge in [0.1, 0.15) is 5.75 Å². The van der Waals surface area contributed by atoms with Gasteiger partial charge in [0, 0.05) is 37.7 Å². The van der Waals surface area contributed by atoms with Crippen LogP contribution in [0.15, 0.2) is 35.2 Å². The summed E-state index contributed by atoms with van der Waals surface area (Å²) in [6.07, 6.45) is 0. The Labute approximate surface area is 128 Å². The van der Waals surface area contributed by atoms with Crippen molar-refractivity contribution < 1.29 is 8.42 Å². The normalized spacial score (nSPS) is 16.5. The topological polar surface area (TPSA) is 53.5 Å². The van der Waals surface area contributed by atoms with Crippen LogP contribution in [-0.2, 0) is 22.3 Å². The molecule has 7 heteroatoms. The van der Waals surface area contributed by atoms with Gasteiger partial charge in [-0.3, -0.25) is 0 Å². The van der Waals surface area contributed by atoms with E-state index in [9.17, 15) is 8.42 Å². The maximum Gasteiger partial charge on any atom is 0.220 e. The Kier molecular flexibility index (Phi) is 3.97. The number of hydrogen-bond donors (Lipinski definition) is 0. The van der Waals surface area contributed by atoms with Crippen LogP contribution < -0.4 is 4.90 Å². The summed E-state index contributed by atoms with van der Waals surface area (Å²) < 4.78 is 26.8. The van der Waals surface area contributed by atoms with E-state index in [1.165, 1.54) is 11.3 Å². The second-order valence-electron chi connectivity index (χ2n) is 5.12. The molecule has 0 spiro atoms. The van der Waals surface area contributed by atoms with Crippen LogP contribution in [0.25, 0.3) is 0 Å². The molecule has 0 saturated heterocycles. The van der Waals surface area contributed by atoms with Crippen LogP contribution in [0.1, 0.15) is 11.3 Å². The molecule has 0 fully saturated rings. The summed E-state index contributed by atoms with van der Waals surface area (Å²) in [5.74, 6) is -0.0254. The van der Waals surface area contributed by atoms with Crippen LogP contribution in [0.3, 0.4) is 0 Å². The first-order chi connectivity index (χ1) is 10.1. The molecule has 0 atom stereocenters. The minimum atomic E-state index is -3.34. The van der Waals surface area contributed by atoms with Gasteiger partial charge in [-0.15, -0.1) is 11.3 Å². The standard InChI is InChI=1S/C14H17N3O2S2/c1-16-6-7-17(8-12-4-2-3-5-14(12)16)21(18,19)10-13-9-20-11-15-13/h2-5,9,11H,6-8,10H2,1H3. The highest BCUT2D eigenvalue weighted by Crippen LogP contribution is 2.25. The molecule has 1 aromatic carbocycles. The molecule has 0 saturated carbocycles. The van der Waals surface area contributed by atoms with E-state index in [0.717, 1.165) is 11.3 Å². The fourth-order valence-corrected chi connectivity index (χ4v) is 4.57. The molecule has 0 unspecified atom stereocenters. The minimum absolute atomic E-state index is 0.0254. The molecule has 21 heavy (non-hydrogen) atoms. The van der Waals surface area contributed by atoms with Gasteiger partial charge < -0.3 is 4.90 Å². The van der Waals surface area contributed by atoms with Gasteiger partial charge in [-0.1, -0.05) is 18.2 Å². The van der Waals surface area contributed by atoms with Gasteiger partial charge in [0.15, 0.2) is 0 Å². The van der Waals surface area contributed by atoms with Crippen molar-refractivity contribution in [3.8, 4) is 0 Å². The van der Waals surface area contributed by atoms with Crippen LogP contribution in [0.4, 0.5) is 5.69 Å². The minimum Gasteiger partial charge on any atom is -0.373 e. The van der Waals surface area contributed by atoms with Crippen molar-refractivity contribution in [1.29, 1.82) is 0 Å². The zero-order valence-corrected chi connectivity index (χ0v) is 13.4. The van der Waals surface area contributed by atoms with Crippen molar-refractivity contribution >= 4 is 27.0 Å². The fourth-order valence-electron chi connectivity index (χ4n) is 2.49. The quantitative estimate of drug-likeness (QED) is 0.866. The van der Waals surface area contributed by atoms with E-state index in [1.54, 1.807) is 15.2 Å². The number of hydrogen-bond acceptors (Lipinski definition) is 5. The van der Waals surface area contributed by atoms with Crippen LogP contribution in [0.2, 0.25) is 0 Å². The predicted octanol–water partition coefficient (Wildman–Crippen LogP) is 1.92. The summed E-state index contributed by atoms with van der Waals surface area (Å²) in [7, 11) is -1.35. The fraction of sp³-hybridized carbons (Fsp3) is 0.357. The van der Waals surface area contributed by atoms with E-state index in [0.29, 0.717) is 25.3 Å². The molecule has 5 nitrogen and oxygen atoms in total. The largest absolute Gasteiger partial charge is 0.373 e. The number of likely N-dealkylation sites (N-methyl/N-ethyl adjacent to an activating group) is 1. The van der Waals surface area contributed by atoms with Gasteiger partial charge in [0.2, 0.25) is 10.0 Å². The third-order valence-electron chi connectivity index (χ3n) is 3.64. The molecule has 0 amide bonds. The SMILES string of the molecule is CN1CCN(S(=O)(=O)Cc2cscn2)Cc2ccccc21. The van der Waals surface area contributed by atoms with E-state index >= 15 is 0 Å². The molecule has 0 N–H and O–H groups in total. The number of fused-ring (bicyclic) bond motifs is 1. The second-order valence-corrected chi connectivity index (χ2v) is 7.81. The van der Waals surface area contributed by atoms with Gasteiger partial charge in [-0.2, -0.15) is 4.31 Å². The highest BCUT2D eigenvalue weighted by Gasteiger charge is 2.27. The second kappa shape index (κ2) is 5.75. The number of nitrogens with zero attached hydrogens (tertiary/aromatic N) is 3. The van der Waals surface area contributed by atoms with Gasteiger partial charge in [0.05, 0.1) is 11.2 Å². The average Bonchev–Trinajstić information content (AvgIpc) is 2.88. The van der Waals surface area contributed by atoms with Gasteiger partial charge in [-0.05, 0) is 11.6 Å². The van der Waals surface area contributed by atoms with Gasteiger partial charge in [-0.25, -0.2) is 13.4 Å². The van der Waals surface area contributed by atoms with Crippen LogP contribution in [-0.4, -0.2) is 37.8 Å². The van der Waals surface area contributed by atoms with Crippen molar-refractivity contribution in [2.75, 3.05) is 25.0 Å². The number of rotatable bonds is 3. The van der Waals surface area contributed by atoms with E-state index < -0.39 is 10.0 Å². The summed E-state index contributed by atoms with van der Waals surface area (Å²) in [6.45, 7) is 1.61. The van der Waals surface area contributed by atoms with Crippen molar-refractivity contribution in [3.05, 3.63) is 46.4 Å². The number of sulfonamides is 1. The Bertz CT molecular complexity index is 714. The Morgan fingerprint density at radius 2 is 2.10 bits per heavy atom. The maximum absolute atomic E-state index is 12.6. The zero-order valence-electron chi connectivity index (χ0n) is 11.8. The number of thiazole rings is 1. The summed E-state index contributed by atoms with van der Waals surface area (Å²) in [5.41, 5.74) is 4.42. The molecule has 0 aliphatic carbocycles. The molecule has 2 aromatic rings. The molecule has 112 valence electrons. The highest BCUT2D eigenvalue weighted by atomic mass is 32.2. The third kappa shape index (κ3) is 3.09. The van der Waals surface area contributed by atoms with Crippen molar-refractivity contribution in [1.82, 2.24) is 9.29 Å². The van der Waals surface area contributed by atoms with Crippen molar-refractivity contribution in [3.63, 3.8) is 0 Å². The molecule has 0 bridgehead atoms. The van der Waals surface area contributed by atoms with Crippen LogP contribution in [0.5, 0.6) is 0 Å². The summed E-state index contributed by atoms with van der Waals surface area (Å²) in [6, 6.07) is 7.95. The molecule has 1 aromatic heterocycles. The molecule has 1 aliphatic heterocycles. The summed E-state index contributed by atoms with van der Waals surface area (Å²) >= 11 is 1.42. The van der Waals surface area contributed by atoms with E-state index in [-0.39, 0.29) is 5.75 Å². The first-order valence-electron chi connectivity index (χ1n) is 6.70. The Balaban J connectivity index is 1.87. The summed E-state index contributed by atoms with van der Waals surface area (Å²) in [5, 5.41) is 1.79. The Morgan fingerprint density at radius 1 is 1.29 bits per heavy atom. The number of aromatic nitrogens is 1. The highest BCUT2D eigenvalue weighted by molar-refractivity contribution is 7.88. The molecule has 0 radical (unpaired) electrons. The van der Waals surface area contributed by atoms with Crippen molar-refractivity contribution in [2.24, 2.45) is 0 Å². The molecule has 1 aliphatic rings. The van der Waals surface area contributed by atoms with Crippen LogP contribution in [0, 0.1) is 0 Å². The average molecular weight is 323 g/mol. The zero-order chi connectivity index (χ0) is 14.9. The first-order valence-corrected chi connectivity index (χ1v) is 9.25. The molecular formula is C14H17N3O2S2. The van der Waals surface area contributed by atoms with Gasteiger partial charge in [0.25, 0.3) is 0 Å². The predicted molar refractivity (Wildman–Crippen MR) is 84.9 cm³/mol. The monoisotopic (exact) mass is 323 g/mol. The van der Waals surface area contributed by atoms with Gasteiger partial charge >= 0.3 is 0 Å². The van der Waals surface area contributed by atoms with Crippen LogP contribution >= 0.6 is 11.3 Å². The lowest BCUT2D eigenvalue weighted by atomic mass is 10.1.